The van der Waals surface area contributed by atoms with E-state index in [1.54, 1.807) is 6.07 Å². The van der Waals surface area contributed by atoms with Gasteiger partial charge >= 0.3 is 5.97 Å². The van der Waals surface area contributed by atoms with Gasteiger partial charge in [0.2, 0.25) is 0 Å². The Morgan fingerprint density at radius 3 is 2.83 bits per heavy atom. The van der Waals surface area contributed by atoms with Crippen LogP contribution in [0.5, 0.6) is 0 Å². The monoisotopic (exact) mass is 249 g/mol. The molecule has 0 spiro atoms. The second kappa shape index (κ2) is 5.71. The molecule has 1 aromatic rings. The van der Waals surface area contributed by atoms with Crippen molar-refractivity contribution < 1.29 is 9.90 Å². The van der Waals surface area contributed by atoms with Crippen LogP contribution in [-0.4, -0.2) is 22.6 Å². The van der Waals surface area contributed by atoms with Crippen molar-refractivity contribution >= 4 is 17.5 Å². The fourth-order valence-electron chi connectivity index (χ4n) is 2.42. The van der Waals surface area contributed by atoms with Gasteiger partial charge in [-0.25, -0.2) is 9.78 Å². The molecule has 0 radical (unpaired) electrons. The number of pyridine rings is 1. The molecule has 18 heavy (non-hydrogen) atoms. The summed E-state index contributed by atoms with van der Waals surface area (Å²) in [6.07, 6.45) is 6.37. The molecule has 0 aromatic carbocycles. The van der Waals surface area contributed by atoms with Gasteiger partial charge in [-0.2, -0.15) is 0 Å². The minimum atomic E-state index is -1.03. The third kappa shape index (κ3) is 3.12. The van der Waals surface area contributed by atoms with E-state index < -0.39 is 5.97 Å². The molecule has 0 unspecified atom stereocenters. The fourth-order valence-corrected chi connectivity index (χ4v) is 2.42. The van der Waals surface area contributed by atoms with Gasteiger partial charge < -0.3 is 16.2 Å². The van der Waals surface area contributed by atoms with Crippen LogP contribution in [0.4, 0.5) is 11.5 Å². The molecule has 0 amide bonds. The second-order valence-corrected chi connectivity index (χ2v) is 4.81. The van der Waals surface area contributed by atoms with Gasteiger partial charge in [-0.15, -0.1) is 0 Å². The van der Waals surface area contributed by atoms with Crippen LogP contribution in [-0.2, 0) is 0 Å². The number of rotatable bonds is 5. The Morgan fingerprint density at radius 1 is 1.44 bits per heavy atom. The van der Waals surface area contributed by atoms with Crippen LogP contribution < -0.4 is 11.1 Å². The van der Waals surface area contributed by atoms with E-state index in [0.717, 1.165) is 18.9 Å². The number of carbonyl (C=O) groups is 1. The lowest BCUT2D eigenvalue weighted by molar-refractivity contribution is 0.0690. The van der Waals surface area contributed by atoms with Gasteiger partial charge in [0.25, 0.3) is 0 Å². The summed E-state index contributed by atoms with van der Waals surface area (Å²) in [5.74, 6) is 0.239. The number of nitrogens with two attached hydrogens (primary N) is 1. The SMILES string of the molecule is Nc1ccc(C(=O)O)nc1NCCC1CCCC1. The summed E-state index contributed by atoms with van der Waals surface area (Å²) in [4.78, 5) is 14.8. The average molecular weight is 249 g/mol. The number of hydrogen-bond acceptors (Lipinski definition) is 4. The summed E-state index contributed by atoms with van der Waals surface area (Å²) in [7, 11) is 0. The molecule has 1 aliphatic rings. The van der Waals surface area contributed by atoms with Crippen molar-refractivity contribution in [3.05, 3.63) is 17.8 Å². The van der Waals surface area contributed by atoms with E-state index in [0.29, 0.717) is 11.5 Å². The minimum absolute atomic E-state index is 0.0209. The lowest BCUT2D eigenvalue weighted by Crippen LogP contribution is -2.11. The normalized spacial score (nSPS) is 15.8. The van der Waals surface area contributed by atoms with Gasteiger partial charge in [-0.05, 0) is 24.5 Å². The number of carboxylic acids is 1. The number of hydrogen-bond donors (Lipinski definition) is 3. The van der Waals surface area contributed by atoms with Gasteiger partial charge in [0.1, 0.15) is 5.82 Å². The van der Waals surface area contributed by atoms with Gasteiger partial charge in [-0.1, -0.05) is 25.7 Å². The maximum absolute atomic E-state index is 10.8. The number of aromatic carboxylic acids is 1. The Labute approximate surface area is 106 Å². The molecule has 1 aromatic heterocycles. The Kier molecular flexibility index (Phi) is 4.02. The molecule has 2 rings (SSSR count). The zero-order valence-electron chi connectivity index (χ0n) is 10.4. The van der Waals surface area contributed by atoms with E-state index >= 15 is 0 Å². The molecule has 98 valence electrons. The average Bonchev–Trinajstić information content (AvgIpc) is 2.84. The molecule has 5 nitrogen and oxygen atoms in total. The van der Waals surface area contributed by atoms with Gasteiger partial charge in [0.05, 0.1) is 5.69 Å². The maximum atomic E-state index is 10.8. The zero-order chi connectivity index (χ0) is 13.0. The number of nitrogens with one attached hydrogen (secondary N) is 1. The van der Waals surface area contributed by atoms with Gasteiger partial charge in [0, 0.05) is 6.54 Å². The number of nitrogen functional groups attached to an aromatic ring is 1. The molecule has 1 saturated carbocycles. The first-order valence-corrected chi connectivity index (χ1v) is 6.40. The summed E-state index contributed by atoms with van der Waals surface area (Å²) in [6, 6.07) is 2.99. The van der Waals surface area contributed by atoms with Crippen LogP contribution in [0.2, 0.25) is 0 Å². The number of nitrogens with zero attached hydrogens (tertiary/aromatic N) is 1. The molecular weight excluding hydrogens is 230 g/mol. The Morgan fingerprint density at radius 2 is 2.17 bits per heavy atom. The predicted octanol–water partition coefficient (Wildman–Crippen LogP) is 2.35. The first kappa shape index (κ1) is 12.7. The van der Waals surface area contributed by atoms with E-state index in [-0.39, 0.29) is 5.69 Å². The fraction of sp³-hybridized carbons (Fsp3) is 0.538. The first-order valence-electron chi connectivity index (χ1n) is 6.40. The van der Waals surface area contributed by atoms with Crippen LogP contribution >= 0.6 is 0 Å². The highest BCUT2D eigenvalue weighted by molar-refractivity contribution is 5.86. The molecule has 0 bridgehead atoms. The van der Waals surface area contributed by atoms with Crippen LogP contribution in [0.25, 0.3) is 0 Å². The van der Waals surface area contributed by atoms with Crippen LogP contribution in [0, 0.1) is 5.92 Å². The highest BCUT2D eigenvalue weighted by Gasteiger charge is 2.14. The minimum Gasteiger partial charge on any atom is -0.477 e. The lowest BCUT2D eigenvalue weighted by Gasteiger charge is -2.12. The van der Waals surface area contributed by atoms with Gasteiger partial charge in [-0.3, -0.25) is 0 Å². The molecule has 4 N–H and O–H groups in total. The lowest BCUT2D eigenvalue weighted by atomic mass is 10.0. The third-order valence-corrected chi connectivity index (χ3v) is 3.47. The molecule has 5 heteroatoms. The van der Waals surface area contributed by atoms with Crippen molar-refractivity contribution in [1.82, 2.24) is 4.98 Å². The predicted molar refractivity (Wildman–Crippen MR) is 70.7 cm³/mol. The third-order valence-electron chi connectivity index (χ3n) is 3.47. The van der Waals surface area contributed by atoms with Crippen molar-refractivity contribution in [2.24, 2.45) is 5.92 Å². The summed E-state index contributed by atoms with van der Waals surface area (Å²) in [5.41, 5.74) is 6.28. The van der Waals surface area contributed by atoms with Crippen molar-refractivity contribution in [2.75, 3.05) is 17.6 Å². The smallest absolute Gasteiger partial charge is 0.354 e. The van der Waals surface area contributed by atoms with E-state index in [2.05, 4.69) is 10.3 Å². The van der Waals surface area contributed by atoms with Crippen molar-refractivity contribution in [3.8, 4) is 0 Å². The van der Waals surface area contributed by atoms with Crippen molar-refractivity contribution in [2.45, 2.75) is 32.1 Å². The first-order chi connectivity index (χ1) is 8.66. The van der Waals surface area contributed by atoms with Gasteiger partial charge in [0.15, 0.2) is 5.69 Å². The largest absolute Gasteiger partial charge is 0.477 e. The van der Waals surface area contributed by atoms with E-state index in [4.69, 9.17) is 10.8 Å². The summed E-state index contributed by atoms with van der Waals surface area (Å²) >= 11 is 0. The van der Waals surface area contributed by atoms with E-state index in [1.807, 2.05) is 0 Å². The Bertz CT molecular complexity index is 428. The number of anilines is 2. The standard InChI is InChI=1S/C13H19N3O2/c14-10-5-6-11(13(17)18)16-12(10)15-8-7-9-3-1-2-4-9/h5-6,9H,1-4,7-8,14H2,(H,15,16)(H,17,18). The molecule has 0 aliphatic heterocycles. The van der Waals surface area contributed by atoms with Crippen LogP contribution in [0.15, 0.2) is 12.1 Å². The van der Waals surface area contributed by atoms with E-state index in [1.165, 1.54) is 31.7 Å². The number of carboxylic acid groups (broad SMARTS) is 1. The summed E-state index contributed by atoms with van der Waals surface area (Å²) < 4.78 is 0. The summed E-state index contributed by atoms with van der Waals surface area (Å²) in [6.45, 7) is 0.797. The van der Waals surface area contributed by atoms with E-state index in [9.17, 15) is 4.79 Å². The van der Waals surface area contributed by atoms with Crippen molar-refractivity contribution in [3.63, 3.8) is 0 Å². The topological polar surface area (TPSA) is 88.2 Å². The molecular formula is C13H19N3O2. The maximum Gasteiger partial charge on any atom is 0.354 e. The Balaban J connectivity index is 1.91. The summed E-state index contributed by atoms with van der Waals surface area (Å²) in [5, 5.41) is 12.0. The quantitative estimate of drug-likeness (QED) is 0.745. The molecule has 1 heterocycles. The van der Waals surface area contributed by atoms with Crippen LogP contribution in [0.1, 0.15) is 42.6 Å². The van der Waals surface area contributed by atoms with Crippen LogP contribution in [0.3, 0.4) is 0 Å². The van der Waals surface area contributed by atoms with Crippen molar-refractivity contribution in [1.29, 1.82) is 0 Å². The second-order valence-electron chi connectivity index (χ2n) is 4.81. The highest BCUT2D eigenvalue weighted by Crippen LogP contribution is 2.27. The zero-order valence-corrected chi connectivity index (χ0v) is 10.4. The molecule has 0 atom stereocenters. The number of aromatic nitrogens is 1. The Hall–Kier alpha value is -1.78. The molecule has 1 fully saturated rings. The molecule has 1 aliphatic carbocycles. The molecule has 0 saturated heterocycles. The highest BCUT2D eigenvalue weighted by atomic mass is 16.4.